The van der Waals surface area contributed by atoms with Crippen molar-refractivity contribution in [3.63, 3.8) is 0 Å². The molecule has 190 valence electrons. The van der Waals surface area contributed by atoms with Crippen LogP contribution in [-0.2, 0) is 24.2 Å². The van der Waals surface area contributed by atoms with E-state index in [2.05, 4.69) is 20.5 Å². The maximum atomic E-state index is 12.6. The molecule has 1 saturated heterocycles. The monoisotopic (exact) mass is 524 g/mol. The number of benzene rings is 1. The standard InChI is InChI=1S/C22H28N4O7S2/c1-35(30,31)20-15-24-22(34-20)25-21(29)16-5-2-3-6-17(16)33-19(28)8-4-7-18(27)23-9-10-26-11-13-32-14-12-26/h2-3,5-6,15H,4,7-14H2,1H3,(H,23,27)(H,24,25,29). The van der Waals surface area contributed by atoms with Gasteiger partial charge in [0.25, 0.3) is 5.91 Å². The van der Waals surface area contributed by atoms with E-state index in [1.54, 1.807) is 12.1 Å². The SMILES string of the molecule is CS(=O)(=O)c1cnc(NC(=O)c2ccccc2OC(=O)CCCC(=O)NCCN2CCOCC2)s1. The Hall–Kier alpha value is -2.87. The molecule has 2 amide bonds. The first-order chi connectivity index (χ1) is 16.7. The molecule has 0 aliphatic carbocycles. The highest BCUT2D eigenvalue weighted by Gasteiger charge is 2.18. The van der Waals surface area contributed by atoms with Crippen molar-refractivity contribution >= 4 is 44.1 Å². The number of para-hydroxylation sites is 1. The highest BCUT2D eigenvalue weighted by molar-refractivity contribution is 7.92. The van der Waals surface area contributed by atoms with Gasteiger partial charge in [-0.2, -0.15) is 0 Å². The van der Waals surface area contributed by atoms with Crippen molar-refractivity contribution < 1.29 is 32.3 Å². The predicted molar refractivity (Wildman–Crippen MR) is 129 cm³/mol. The fourth-order valence-electron chi connectivity index (χ4n) is 3.23. The molecule has 2 aromatic rings. The second-order valence-electron chi connectivity index (χ2n) is 7.84. The first-order valence-corrected chi connectivity index (χ1v) is 13.8. The number of ether oxygens (including phenoxy) is 2. The van der Waals surface area contributed by atoms with E-state index in [4.69, 9.17) is 9.47 Å². The van der Waals surface area contributed by atoms with Gasteiger partial charge in [-0.05, 0) is 18.6 Å². The second-order valence-corrected chi connectivity index (χ2v) is 11.1. The van der Waals surface area contributed by atoms with Gasteiger partial charge >= 0.3 is 5.97 Å². The van der Waals surface area contributed by atoms with Gasteiger partial charge in [0.1, 0.15) is 9.96 Å². The fraction of sp³-hybridized carbons (Fsp3) is 0.455. The molecule has 2 heterocycles. The molecule has 1 aromatic heterocycles. The van der Waals surface area contributed by atoms with Gasteiger partial charge in [-0.3, -0.25) is 24.6 Å². The van der Waals surface area contributed by atoms with Gasteiger partial charge in [0, 0.05) is 45.3 Å². The Morgan fingerprint density at radius 2 is 1.91 bits per heavy atom. The first-order valence-electron chi connectivity index (χ1n) is 11.1. The summed E-state index contributed by atoms with van der Waals surface area (Å²) in [6, 6.07) is 6.18. The summed E-state index contributed by atoms with van der Waals surface area (Å²) in [5.41, 5.74) is 0.0952. The lowest BCUT2D eigenvalue weighted by molar-refractivity contribution is -0.134. The molecule has 13 heteroatoms. The number of amides is 2. The van der Waals surface area contributed by atoms with E-state index in [0.29, 0.717) is 26.2 Å². The van der Waals surface area contributed by atoms with Crippen LogP contribution >= 0.6 is 11.3 Å². The van der Waals surface area contributed by atoms with Crippen molar-refractivity contribution in [1.82, 2.24) is 15.2 Å². The lowest BCUT2D eigenvalue weighted by atomic mass is 10.2. The smallest absolute Gasteiger partial charge is 0.311 e. The number of hydrogen-bond donors (Lipinski definition) is 2. The number of aromatic nitrogens is 1. The summed E-state index contributed by atoms with van der Waals surface area (Å²) < 4.78 is 33.8. The van der Waals surface area contributed by atoms with E-state index < -0.39 is 21.7 Å². The normalized spacial score (nSPS) is 14.3. The lowest BCUT2D eigenvalue weighted by Gasteiger charge is -2.26. The van der Waals surface area contributed by atoms with Gasteiger partial charge in [-0.25, -0.2) is 13.4 Å². The van der Waals surface area contributed by atoms with Crippen molar-refractivity contribution in [3.05, 3.63) is 36.0 Å². The summed E-state index contributed by atoms with van der Waals surface area (Å²) in [5, 5.41) is 5.47. The Labute approximate surface area is 207 Å². The van der Waals surface area contributed by atoms with Crippen LogP contribution in [0, 0.1) is 0 Å². The van der Waals surface area contributed by atoms with E-state index in [-0.39, 0.29) is 39.4 Å². The number of sulfone groups is 1. The topological polar surface area (TPSA) is 144 Å². The van der Waals surface area contributed by atoms with Crippen LogP contribution in [0.4, 0.5) is 5.13 Å². The highest BCUT2D eigenvalue weighted by Crippen LogP contribution is 2.25. The second kappa shape index (κ2) is 12.7. The summed E-state index contributed by atoms with van der Waals surface area (Å²) in [6.07, 6.45) is 2.73. The van der Waals surface area contributed by atoms with Crippen LogP contribution in [-0.4, -0.2) is 81.7 Å². The van der Waals surface area contributed by atoms with Crippen LogP contribution in [0.5, 0.6) is 5.75 Å². The first kappa shape index (κ1) is 26.7. The number of morpholine rings is 1. The van der Waals surface area contributed by atoms with Crippen molar-refractivity contribution in [2.75, 3.05) is 51.0 Å². The number of thiazole rings is 1. The number of carbonyl (C=O) groups excluding carboxylic acids is 3. The Morgan fingerprint density at radius 1 is 1.17 bits per heavy atom. The minimum Gasteiger partial charge on any atom is -0.426 e. The Morgan fingerprint density at radius 3 is 2.63 bits per heavy atom. The van der Waals surface area contributed by atoms with Crippen LogP contribution in [0.2, 0.25) is 0 Å². The molecule has 0 atom stereocenters. The predicted octanol–water partition coefficient (Wildman–Crippen LogP) is 1.32. The van der Waals surface area contributed by atoms with Gasteiger partial charge < -0.3 is 14.8 Å². The largest absolute Gasteiger partial charge is 0.426 e. The van der Waals surface area contributed by atoms with Gasteiger partial charge in [0.05, 0.1) is 25.0 Å². The molecule has 1 aliphatic heterocycles. The zero-order chi connectivity index (χ0) is 25.3. The maximum absolute atomic E-state index is 12.6. The summed E-state index contributed by atoms with van der Waals surface area (Å²) >= 11 is 0.825. The zero-order valence-corrected chi connectivity index (χ0v) is 21.0. The molecule has 1 aromatic carbocycles. The van der Waals surface area contributed by atoms with Crippen LogP contribution in [0.25, 0.3) is 0 Å². The molecular formula is C22H28N4O7S2. The van der Waals surface area contributed by atoms with Crippen molar-refractivity contribution in [1.29, 1.82) is 0 Å². The Balaban J connectivity index is 1.43. The minimum atomic E-state index is -3.43. The van der Waals surface area contributed by atoms with Gasteiger partial charge in [-0.1, -0.05) is 23.5 Å². The third kappa shape index (κ3) is 8.69. The minimum absolute atomic E-state index is 0.0109. The number of hydrogen-bond acceptors (Lipinski definition) is 10. The van der Waals surface area contributed by atoms with Crippen LogP contribution < -0.4 is 15.4 Å². The van der Waals surface area contributed by atoms with Crippen molar-refractivity contribution in [3.8, 4) is 5.75 Å². The number of nitrogens with one attached hydrogen (secondary N) is 2. The molecule has 11 nitrogen and oxygen atoms in total. The Kier molecular flexibility index (Phi) is 9.72. The molecule has 0 bridgehead atoms. The summed E-state index contributed by atoms with van der Waals surface area (Å²) in [7, 11) is -3.43. The number of rotatable bonds is 11. The summed E-state index contributed by atoms with van der Waals surface area (Å²) in [5.74, 6) is -1.24. The molecular weight excluding hydrogens is 496 g/mol. The van der Waals surface area contributed by atoms with Crippen LogP contribution in [0.3, 0.4) is 0 Å². The van der Waals surface area contributed by atoms with Gasteiger partial charge in [0.2, 0.25) is 5.91 Å². The molecule has 1 aliphatic rings. The number of esters is 1. The van der Waals surface area contributed by atoms with Crippen molar-refractivity contribution in [2.45, 2.75) is 23.5 Å². The molecule has 2 N–H and O–H groups in total. The molecule has 0 saturated carbocycles. The number of nitrogens with zero attached hydrogens (tertiary/aromatic N) is 2. The van der Waals surface area contributed by atoms with Crippen LogP contribution in [0.15, 0.2) is 34.7 Å². The van der Waals surface area contributed by atoms with E-state index in [0.717, 1.165) is 37.2 Å². The molecule has 0 radical (unpaired) electrons. The average molecular weight is 525 g/mol. The van der Waals surface area contributed by atoms with Gasteiger partial charge in [-0.15, -0.1) is 0 Å². The van der Waals surface area contributed by atoms with Crippen molar-refractivity contribution in [2.24, 2.45) is 0 Å². The summed E-state index contributed by atoms with van der Waals surface area (Å²) in [4.78, 5) is 43.0. The quantitative estimate of drug-likeness (QED) is 0.328. The molecule has 1 fully saturated rings. The van der Waals surface area contributed by atoms with E-state index in [9.17, 15) is 22.8 Å². The van der Waals surface area contributed by atoms with Gasteiger partial charge in [0.15, 0.2) is 15.0 Å². The third-order valence-corrected chi connectivity index (χ3v) is 7.77. The highest BCUT2D eigenvalue weighted by atomic mass is 32.2. The zero-order valence-electron chi connectivity index (χ0n) is 19.3. The average Bonchev–Trinajstić information content (AvgIpc) is 3.29. The summed E-state index contributed by atoms with van der Waals surface area (Å²) in [6.45, 7) is 4.41. The van der Waals surface area contributed by atoms with E-state index in [1.165, 1.54) is 18.3 Å². The van der Waals surface area contributed by atoms with E-state index in [1.807, 2.05) is 0 Å². The molecule has 35 heavy (non-hydrogen) atoms. The molecule has 0 spiro atoms. The van der Waals surface area contributed by atoms with E-state index >= 15 is 0 Å². The maximum Gasteiger partial charge on any atom is 0.311 e. The molecule has 0 unspecified atom stereocenters. The fourth-order valence-corrected chi connectivity index (χ4v) is 4.86. The Bertz CT molecular complexity index is 1140. The number of anilines is 1. The third-order valence-electron chi connectivity index (χ3n) is 5.06. The molecule has 3 rings (SSSR count). The van der Waals surface area contributed by atoms with Crippen LogP contribution in [0.1, 0.15) is 29.6 Å². The number of carbonyl (C=O) groups is 3. The lowest BCUT2D eigenvalue weighted by Crippen LogP contribution is -2.41.